The van der Waals surface area contributed by atoms with Gasteiger partial charge in [-0.2, -0.15) is 26.3 Å². The molecule has 4 aromatic heterocycles. The molecule has 1 aromatic carbocycles. The first-order valence-corrected chi connectivity index (χ1v) is 13.4. The third-order valence-corrected chi connectivity index (χ3v) is 6.75. The van der Waals surface area contributed by atoms with Crippen molar-refractivity contribution in [1.29, 1.82) is 0 Å². The van der Waals surface area contributed by atoms with E-state index < -0.39 is 31.9 Å². The van der Waals surface area contributed by atoms with Gasteiger partial charge in [-0.15, -0.1) is 10.2 Å². The van der Waals surface area contributed by atoms with Crippen LogP contribution in [0.25, 0.3) is 34.4 Å². The largest absolute Gasteiger partial charge is 0.453 e. The minimum absolute atomic E-state index is 0.00292. The Balaban J connectivity index is 1.87. The lowest BCUT2D eigenvalue weighted by molar-refractivity contribution is -0.145. The van der Waals surface area contributed by atoms with Crippen molar-refractivity contribution in [3.05, 3.63) is 78.6 Å². The fourth-order valence-corrected chi connectivity index (χ4v) is 4.80. The van der Waals surface area contributed by atoms with Crippen LogP contribution < -0.4 is 5.30 Å². The Bertz CT molecular complexity index is 1610. The number of nitrogens with zero attached hydrogens (tertiary/aromatic N) is 8. The van der Waals surface area contributed by atoms with Gasteiger partial charge in [0.2, 0.25) is 0 Å². The Kier molecular flexibility index (Phi) is 6.67. The molecule has 0 aliphatic rings. The van der Waals surface area contributed by atoms with Crippen LogP contribution in [0.2, 0.25) is 0 Å². The van der Waals surface area contributed by atoms with Crippen molar-refractivity contribution in [3.8, 4) is 34.4 Å². The molecule has 0 atom stereocenters. The van der Waals surface area contributed by atoms with Crippen molar-refractivity contribution < 1.29 is 26.3 Å². The fraction of sp³-hybridized carbons (Fsp3) is 0.167. The number of hydrogen-bond acceptors (Lipinski definition) is 6. The second kappa shape index (κ2) is 9.84. The normalized spacial score (nSPS) is 12.3. The quantitative estimate of drug-likeness (QED) is 0.211. The number of aromatic nitrogens is 8. The van der Waals surface area contributed by atoms with Crippen LogP contribution in [-0.4, -0.2) is 52.8 Å². The third-order valence-electron chi connectivity index (χ3n) is 5.42. The van der Waals surface area contributed by atoms with E-state index in [2.05, 4.69) is 30.1 Å². The first-order chi connectivity index (χ1) is 18.4. The van der Waals surface area contributed by atoms with Gasteiger partial charge in [-0.05, 0) is 43.7 Å². The molecule has 0 unspecified atom stereocenters. The van der Waals surface area contributed by atoms with Gasteiger partial charge in [-0.25, -0.2) is 19.3 Å². The Morgan fingerprint density at radius 2 is 1.15 bits per heavy atom. The number of hydrogen-bond donors (Lipinski definition) is 0. The SMILES string of the molecule is CP(C)c1cccc(-n2nc(C(F)(F)F)nc2-c2ccccn2)c1-n1nc(C(F)(F)F)nc1-c1ccccn1. The van der Waals surface area contributed by atoms with E-state index in [1.54, 1.807) is 36.4 Å². The van der Waals surface area contributed by atoms with E-state index in [1.807, 2.05) is 13.3 Å². The molecule has 0 N–H and O–H groups in total. The van der Waals surface area contributed by atoms with E-state index >= 15 is 0 Å². The third kappa shape index (κ3) is 5.11. The first-order valence-electron chi connectivity index (χ1n) is 11.2. The molecule has 8 nitrogen and oxygen atoms in total. The van der Waals surface area contributed by atoms with Crippen LogP contribution in [-0.2, 0) is 12.4 Å². The molecule has 15 heteroatoms. The highest BCUT2D eigenvalue weighted by molar-refractivity contribution is 7.64. The maximum absolute atomic E-state index is 13.8. The van der Waals surface area contributed by atoms with Crippen LogP contribution in [0.5, 0.6) is 0 Å². The molecule has 0 bridgehead atoms. The number of halogens is 6. The minimum Gasteiger partial charge on any atom is -0.253 e. The second-order valence-electron chi connectivity index (χ2n) is 8.31. The lowest BCUT2D eigenvalue weighted by Gasteiger charge is -2.19. The van der Waals surface area contributed by atoms with Crippen molar-refractivity contribution in [2.75, 3.05) is 13.3 Å². The molecular weight excluding hydrogens is 545 g/mol. The van der Waals surface area contributed by atoms with E-state index in [4.69, 9.17) is 0 Å². The van der Waals surface area contributed by atoms with E-state index in [-0.39, 0.29) is 34.4 Å². The molecule has 0 aliphatic heterocycles. The molecular formula is C24H17F6N8P. The highest BCUT2D eigenvalue weighted by atomic mass is 31.1. The maximum Gasteiger partial charge on any atom is 0.453 e. The van der Waals surface area contributed by atoms with Crippen LogP contribution in [0.4, 0.5) is 26.3 Å². The van der Waals surface area contributed by atoms with E-state index in [1.165, 1.54) is 30.6 Å². The molecule has 200 valence electrons. The fourth-order valence-electron chi connectivity index (χ4n) is 3.78. The molecule has 0 saturated heterocycles. The van der Waals surface area contributed by atoms with E-state index in [0.29, 0.717) is 5.30 Å². The zero-order chi connectivity index (χ0) is 27.9. The van der Waals surface area contributed by atoms with Crippen molar-refractivity contribution >= 4 is 13.2 Å². The predicted molar refractivity (Wildman–Crippen MR) is 131 cm³/mol. The topological polar surface area (TPSA) is 87.2 Å². The van der Waals surface area contributed by atoms with Gasteiger partial charge >= 0.3 is 12.4 Å². The van der Waals surface area contributed by atoms with Crippen molar-refractivity contribution in [2.24, 2.45) is 0 Å². The number of pyridine rings is 2. The Morgan fingerprint density at radius 1 is 0.641 bits per heavy atom. The van der Waals surface area contributed by atoms with Crippen LogP contribution in [0.3, 0.4) is 0 Å². The molecule has 0 radical (unpaired) electrons. The summed E-state index contributed by atoms with van der Waals surface area (Å²) in [4.78, 5) is 15.7. The Labute approximate surface area is 218 Å². The van der Waals surface area contributed by atoms with Crippen LogP contribution in [0, 0.1) is 0 Å². The Morgan fingerprint density at radius 3 is 1.62 bits per heavy atom. The average molecular weight is 562 g/mol. The molecule has 0 fully saturated rings. The summed E-state index contributed by atoms with van der Waals surface area (Å²) < 4.78 is 84.5. The summed E-state index contributed by atoms with van der Waals surface area (Å²) in [6.45, 7) is 3.70. The standard InChI is InChI=1S/C24H17F6N8P/c1-39(2)17-11-7-10-16(37-19(14-8-3-5-12-31-14)33-21(35-37)23(25,26)27)18(17)38-20(15-9-4-6-13-32-15)34-22(36-38)24(28,29)30/h3-13H,1-2H3. The van der Waals surface area contributed by atoms with Crippen molar-refractivity contribution in [2.45, 2.75) is 12.4 Å². The van der Waals surface area contributed by atoms with Crippen LogP contribution in [0.1, 0.15) is 11.6 Å². The first kappa shape index (κ1) is 26.4. The minimum atomic E-state index is -4.90. The van der Waals surface area contributed by atoms with E-state index in [9.17, 15) is 26.3 Å². The molecule has 5 aromatic rings. The Hall–Kier alpha value is -4.19. The average Bonchev–Trinajstić information content (AvgIpc) is 3.55. The van der Waals surface area contributed by atoms with Gasteiger partial charge in [0.1, 0.15) is 17.1 Å². The summed E-state index contributed by atoms with van der Waals surface area (Å²) in [5.74, 6) is -3.37. The molecule has 0 amide bonds. The number of rotatable bonds is 5. The lowest BCUT2D eigenvalue weighted by Crippen LogP contribution is -2.19. The van der Waals surface area contributed by atoms with Gasteiger partial charge in [-0.1, -0.05) is 32.2 Å². The highest BCUT2D eigenvalue weighted by Crippen LogP contribution is 2.37. The summed E-state index contributed by atoms with van der Waals surface area (Å²) in [5.41, 5.74) is 0.222. The maximum atomic E-state index is 13.8. The molecule has 4 heterocycles. The smallest absolute Gasteiger partial charge is 0.253 e. The van der Waals surface area contributed by atoms with Gasteiger partial charge in [-0.3, -0.25) is 9.97 Å². The van der Waals surface area contributed by atoms with Gasteiger partial charge in [0.25, 0.3) is 11.6 Å². The number of alkyl halides is 6. The molecule has 0 saturated carbocycles. The second-order valence-corrected chi connectivity index (χ2v) is 10.6. The molecule has 39 heavy (non-hydrogen) atoms. The zero-order valence-corrected chi connectivity index (χ0v) is 21.0. The van der Waals surface area contributed by atoms with Gasteiger partial charge in [0.05, 0.1) is 5.69 Å². The van der Waals surface area contributed by atoms with Crippen LogP contribution >= 0.6 is 7.92 Å². The van der Waals surface area contributed by atoms with Gasteiger partial charge in [0.15, 0.2) is 11.6 Å². The predicted octanol–water partition coefficient (Wildman–Crippen LogP) is 5.38. The van der Waals surface area contributed by atoms with Crippen molar-refractivity contribution in [3.63, 3.8) is 0 Å². The van der Waals surface area contributed by atoms with Crippen molar-refractivity contribution in [1.82, 2.24) is 39.5 Å². The molecule has 0 spiro atoms. The molecule has 0 aliphatic carbocycles. The number of para-hydroxylation sites is 1. The summed E-state index contributed by atoms with van der Waals surface area (Å²) in [5, 5.41) is 8.02. The van der Waals surface area contributed by atoms with Gasteiger partial charge < -0.3 is 0 Å². The van der Waals surface area contributed by atoms with E-state index in [0.717, 1.165) is 9.36 Å². The number of benzene rings is 1. The summed E-state index contributed by atoms with van der Waals surface area (Å²) in [6.07, 6.45) is -7.04. The lowest BCUT2D eigenvalue weighted by atomic mass is 10.2. The highest BCUT2D eigenvalue weighted by Gasteiger charge is 2.40. The van der Waals surface area contributed by atoms with Gasteiger partial charge in [0, 0.05) is 17.7 Å². The molecule has 5 rings (SSSR count). The summed E-state index contributed by atoms with van der Waals surface area (Å²) in [7, 11) is -1.02. The zero-order valence-electron chi connectivity index (χ0n) is 20.1. The monoisotopic (exact) mass is 562 g/mol. The summed E-state index contributed by atoms with van der Waals surface area (Å²) in [6, 6.07) is 13.9. The summed E-state index contributed by atoms with van der Waals surface area (Å²) >= 11 is 0. The van der Waals surface area contributed by atoms with Crippen LogP contribution in [0.15, 0.2) is 67.0 Å².